The van der Waals surface area contributed by atoms with Crippen molar-refractivity contribution in [1.82, 2.24) is 15.3 Å². The molecule has 0 saturated carbocycles. The fourth-order valence-corrected chi connectivity index (χ4v) is 5.67. The maximum atomic E-state index is 12.5. The first-order valence-corrected chi connectivity index (χ1v) is 11.8. The van der Waals surface area contributed by atoms with Gasteiger partial charge in [-0.1, -0.05) is 12.1 Å². The van der Waals surface area contributed by atoms with Crippen LogP contribution in [-0.4, -0.2) is 34.6 Å². The Balaban J connectivity index is 1.32. The topological polar surface area (TPSA) is 104 Å². The van der Waals surface area contributed by atoms with Gasteiger partial charge < -0.3 is 15.6 Å². The van der Waals surface area contributed by atoms with Gasteiger partial charge in [0.05, 0.1) is 22.4 Å². The Morgan fingerprint density at radius 2 is 2.10 bits per heavy atom. The summed E-state index contributed by atoms with van der Waals surface area (Å²) in [6.45, 7) is 0. The van der Waals surface area contributed by atoms with Crippen molar-refractivity contribution in [3.63, 3.8) is 0 Å². The highest BCUT2D eigenvalue weighted by atomic mass is 32.2. The monoisotopic (exact) mass is 442 g/mol. The van der Waals surface area contributed by atoms with Gasteiger partial charge in [-0.15, -0.1) is 11.3 Å². The summed E-state index contributed by atoms with van der Waals surface area (Å²) in [5.41, 5.74) is 2.04. The lowest BCUT2D eigenvalue weighted by Crippen LogP contribution is -2.21. The summed E-state index contributed by atoms with van der Waals surface area (Å²) < 4.78 is 0. The van der Waals surface area contributed by atoms with Crippen LogP contribution >= 0.6 is 23.1 Å². The number of hydrogen-bond acceptors (Lipinski definition) is 6. The summed E-state index contributed by atoms with van der Waals surface area (Å²) in [5.74, 6) is 1.35. The van der Waals surface area contributed by atoms with Crippen LogP contribution in [-0.2, 0) is 23.4 Å². The van der Waals surface area contributed by atoms with Crippen molar-refractivity contribution in [2.45, 2.75) is 31.4 Å². The molecule has 1 aromatic carbocycles. The normalized spacial score (nSPS) is 12.7. The molecule has 0 atom stereocenters. The zero-order valence-electron chi connectivity index (χ0n) is 16.5. The van der Waals surface area contributed by atoms with Crippen molar-refractivity contribution in [3.8, 4) is 0 Å². The lowest BCUT2D eigenvalue weighted by Gasteiger charge is -2.10. The molecule has 2 heterocycles. The minimum Gasteiger partial charge on any atom is -0.355 e. The Kier molecular flexibility index (Phi) is 6.19. The molecule has 156 valence electrons. The summed E-state index contributed by atoms with van der Waals surface area (Å²) in [5, 5.41) is 6.12. The van der Waals surface area contributed by atoms with Crippen LogP contribution in [0.2, 0.25) is 0 Å². The summed E-state index contributed by atoms with van der Waals surface area (Å²) in [6, 6.07) is 6.90. The first kappa shape index (κ1) is 20.6. The molecule has 0 radical (unpaired) electrons. The van der Waals surface area contributed by atoms with E-state index in [2.05, 4.69) is 20.6 Å². The molecule has 4 rings (SSSR count). The summed E-state index contributed by atoms with van der Waals surface area (Å²) in [7, 11) is 1.55. The zero-order chi connectivity index (χ0) is 21.1. The minimum atomic E-state index is -0.245. The average Bonchev–Trinajstić information content (AvgIpc) is 3.32. The van der Waals surface area contributed by atoms with Crippen molar-refractivity contribution in [3.05, 3.63) is 56.4 Å². The fraction of sp³-hybridized carbons (Fsp3) is 0.333. The van der Waals surface area contributed by atoms with E-state index in [1.807, 2.05) is 0 Å². The van der Waals surface area contributed by atoms with Crippen LogP contribution in [0.3, 0.4) is 0 Å². The van der Waals surface area contributed by atoms with Gasteiger partial charge in [0.15, 0.2) is 0 Å². The predicted molar refractivity (Wildman–Crippen MR) is 122 cm³/mol. The number of nitrogens with zero attached hydrogens (tertiary/aromatic N) is 1. The summed E-state index contributed by atoms with van der Waals surface area (Å²) in [4.78, 5) is 46.3. The first-order chi connectivity index (χ1) is 14.6. The number of H-pyrrole nitrogens is 1. The molecule has 2 aromatic heterocycles. The number of aromatic nitrogens is 2. The Hall–Kier alpha value is -2.65. The molecule has 3 aromatic rings. The van der Waals surface area contributed by atoms with Gasteiger partial charge in [0, 0.05) is 24.1 Å². The highest BCUT2D eigenvalue weighted by Gasteiger charge is 2.21. The van der Waals surface area contributed by atoms with E-state index >= 15 is 0 Å². The molecule has 0 saturated heterocycles. The van der Waals surface area contributed by atoms with Crippen LogP contribution in [0.5, 0.6) is 0 Å². The maximum absolute atomic E-state index is 12.5. The van der Waals surface area contributed by atoms with Crippen molar-refractivity contribution in [2.75, 3.05) is 18.1 Å². The van der Waals surface area contributed by atoms with Crippen LogP contribution in [0.1, 0.15) is 39.5 Å². The van der Waals surface area contributed by atoms with Crippen LogP contribution in [0, 0.1) is 0 Å². The molecule has 1 aliphatic carbocycles. The number of carbonyl (C=O) groups excluding carboxylic acids is 2. The van der Waals surface area contributed by atoms with Gasteiger partial charge in [-0.3, -0.25) is 14.4 Å². The number of thiophene rings is 1. The smallest absolute Gasteiger partial charge is 0.259 e. The van der Waals surface area contributed by atoms with Crippen LogP contribution in [0.15, 0.2) is 29.1 Å². The van der Waals surface area contributed by atoms with E-state index in [0.29, 0.717) is 35.0 Å². The van der Waals surface area contributed by atoms with Crippen molar-refractivity contribution < 1.29 is 9.59 Å². The van der Waals surface area contributed by atoms with Gasteiger partial charge in [0.1, 0.15) is 10.7 Å². The molecule has 0 aliphatic heterocycles. The fourth-order valence-electron chi connectivity index (χ4n) is 3.59. The molecule has 0 bridgehead atoms. The molecule has 30 heavy (non-hydrogen) atoms. The summed E-state index contributed by atoms with van der Waals surface area (Å²) >= 11 is 3.17. The van der Waals surface area contributed by atoms with Gasteiger partial charge in [0.2, 0.25) is 5.91 Å². The molecule has 9 heteroatoms. The largest absolute Gasteiger partial charge is 0.355 e. The number of benzene rings is 1. The maximum Gasteiger partial charge on any atom is 0.259 e. The van der Waals surface area contributed by atoms with Crippen molar-refractivity contribution >= 4 is 50.8 Å². The zero-order valence-corrected chi connectivity index (χ0v) is 18.2. The second kappa shape index (κ2) is 9.01. The van der Waals surface area contributed by atoms with E-state index in [1.165, 1.54) is 10.4 Å². The lowest BCUT2D eigenvalue weighted by molar-refractivity contribution is -0.115. The molecule has 0 unspecified atom stereocenters. The van der Waals surface area contributed by atoms with E-state index in [-0.39, 0.29) is 17.4 Å². The number of carbonyl (C=O) groups is 2. The van der Waals surface area contributed by atoms with Gasteiger partial charge in [-0.05, 0) is 37.0 Å². The Morgan fingerprint density at radius 3 is 2.93 bits per heavy atom. The minimum absolute atomic E-state index is 0.0569. The SMILES string of the molecule is CNC(=O)c1ccccc1NC(=O)CCSCc1nc2sc3c(c2c(=O)[nH]1)CCC3. The summed E-state index contributed by atoms with van der Waals surface area (Å²) in [6.07, 6.45) is 3.42. The van der Waals surface area contributed by atoms with Crippen LogP contribution in [0.4, 0.5) is 5.69 Å². The highest BCUT2D eigenvalue weighted by Crippen LogP contribution is 2.34. The molecule has 0 fully saturated rings. The Morgan fingerprint density at radius 1 is 1.27 bits per heavy atom. The number of anilines is 1. The number of hydrogen-bond donors (Lipinski definition) is 3. The number of fused-ring (bicyclic) bond motifs is 3. The average molecular weight is 443 g/mol. The second-order valence-corrected chi connectivity index (χ2v) is 9.21. The van der Waals surface area contributed by atoms with Gasteiger partial charge >= 0.3 is 0 Å². The predicted octanol–water partition coefficient (Wildman–Crippen LogP) is 3.09. The number of rotatable bonds is 7. The van der Waals surface area contributed by atoms with Crippen LogP contribution < -0.4 is 16.2 Å². The standard InChI is InChI=1S/C21H22N4O3S2/c1-22-19(27)12-5-2-3-7-14(12)23-17(26)9-10-29-11-16-24-20(28)18-13-6-4-8-15(13)30-21(18)25-16/h2-3,5,7H,4,6,8-11H2,1H3,(H,22,27)(H,23,26)(H,24,25,28). The van der Waals surface area contributed by atoms with E-state index < -0.39 is 0 Å². The van der Waals surface area contributed by atoms with E-state index in [1.54, 1.807) is 54.4 Å². The molecule has 3 N–H and O–H groups in total. The van der Waals surface area contributed by atoms with E-state index in [9.17, 15) is 14.4 Å². The number of aromatic amines is 1. The van der Waals surface area contributed by atoms with Crippen molar-refractivity contribution in [1.29, 1.82) is 0 Å². The molecule has 0 spiro atoms. The quantitative estimate of drug-likeness (QED) is 0.488. The number of nitrogens with one attached hydrogen (secondary N) is 3. The molecular weight excluding hydrogens is 420 g/mol. The number of para-hydroxylation sites is 1. The molecular formula is C21H22N4O3S2. The second-order valence-electron chi connectivity index (χ2n) is 7.03. The molecule has 1 aliphatic rings. The van der Waals surface area contributed by atoms with Gasteiger partial charge in [-0.25, -0.2) is 4.98 Å². The molecule has 7 nitrogen and oxygen atoms in total. The number of amides is 2. The van der Waals surface area contributed by atoms with Gasteiger partial charge in [-0.2, -0.15) is 11.8 Å². The third kappa shape index (κ3) is 4.27. The third-order valence-electron chi connectivity index (χ3n) is 5.01. The Labute approximate surface area is 181 Å². The Bertz CT molecular complexity index is 1170. The van der Waals surface area contributed by atoms with E-state index in [0.717, 1.165) is 29.5 Å². The van der Waals surface area contributed by atoms with Crippen LogP contribution in [0.25, 0.3) is 10.2 Å². The molecule has 2 amide bonds. The number of thioether (sulfide) groups is 1. The van der Waals surface area contributed by atoms with Gasteiger partial charge in [0.25, 0.3) is 11.5 Å². The third-order valence-corrected chi connectivity index (χ3v) is 7.17. The number of aryl methyl sites for hydroxylation is 2. The highest BCUT2D eigenvalue weighted by molar-refractivity contribution is 7.98. The first-order valence-electron chi connectivity index (χ1n) is 9.79. The lowest BCUT2D eigenvalue weighted by atomic mass is 10.1. The van der Waals surface area contributed by atoms with Crippen molar-refractivity contribution in [2.24, 2.45) is 0 Å². The van der Waals surface area contributed by atoms with E-state index in [4.69, 9.17) is 0 Å².